The van der Waals surface area contributed by atoms with Gasteiger partial charge in [0.05, 0.1) is 16.1 Å². The van der Waals surface area contributed by atoms with Crippen LogP contribution in [0.25, 0.3) is 22.2 Å². The summed E-state index contributed by atoms with van der Waals surface area (Å²) < 4.78 is 83.3. The average molecular weight is 510 g/mol. The van der Waals surface area contributed by atoms with Gasteiger partial charge >= 0.3 is 18.0 Å². The van der Waals surface area contributed by atoms with Crippen molar-refractivity contribution in [1.29, 1.82) is 0 Å². The molecule has 0 unspecified atom stereocenters. The van der Waals surface area contributed by atoms with Gasteiger partial charge in [0.15, 0.2) is 4.34 Å². The topological polar surface area (TPSA) is 76.2 Å². The fraction of sp³-hybridized carbons (Fsp3) is 0.167. The van der Waals surface area contributed by atoms with E-state index in [1.807, 2.05) is 0 Å². The highest BCUT2D eigenvalue weighted by Crippen LogP contribution is 2.52. The molecule has 32 heavy (non-hydrogen) atoms. The van der Waals surface area contributed by atoms with E-state index in [0.29, 0.717) is 27.7 Å². The van der Waals surface area contributed by atoms with Gasteiger partial charge in [-0.05, 0) is 18.2 Å². The molecular formula is C18H8F6N2O3S3. The third kappa shape index (κ3) is 3.91. The van der Waals surface area contributed by atoms with E-state index in [-0.39, 0.29) is 21.3 Å². The van der Waals surface area contributed by atoms with Gasteiger partial charge in [-0.3, -0.25) is 0 Å². The Kier molecular flexibility index (Phi) is 5.59. The zero-order valence-electron chi connectivity index (χ0n) is 15.2. The van der Waals surface area contributed by atoms with Crippen LogP contribution >= 0.6 is 34.4 Å². The Morgan fingerprint density at radius 3 is 2.38 bits per heavy atom. The Morgan fingerprint density at radius 1 is 1.03 bits per heavy atom. The van der Waals surface area contributed by atoms with E-state index in [1.54, 1.807) is 23.0 Å². The SMILES string of the molecule is O=c1cc(-c2cscn2)c2ccc(Sc3ncc(C(O)(C(F)(F)F)C(F)(F)F)s3)cc2o1. The molecule has 0 atom stereocenters. The van der Waals surface area contributed by atoms with E-state index in [2.05, 4.69) is 9.97 Å². The summed E-state index contributed by atoms with van der Waals surface area (Å²) in [6, 6.07) is 5.82. The molecule has 1 N–H and O–H groups in total. The maximum atomic E-state index is 13.0. The van der Waals surface area contributed by atoms with Gasteiger partial charge in [0, 0.05) is 33.5 Å². The second kappa shape index (κ2) is 7.86. The first kappa shape index (κ1) is 22.8. The van der Waals surface area contributed by atoms with Crippen molar-refractivity contribution in [3.05, 3.63) is 56.7 Å². The molecule has 168 valence electrons. The fourth-order valence-electron chi connectivity index (χ4n) is 2.78. The second-order valence-corrected chi connectivity index (χ2v) is 9.38. The summed E-state index contributed by atoms with van der Waals surface area (Å²) in [6.07, 6.45) is -11.6. The number of thiazole rings is 2. The van der Waals surface area contributed by atoms with Crippen molar-refractivity contribution in [1.82, 2.24) is 9.97 Å². The van der Waals surface area contributed by atoms with E-state index in [0.717, 1.165) is 11.8 Å². The predicted molar refractivity (Wildman–Crippen MR) is 106 cm³/mol. The van der Waals surface area contributed by atoms with Crippen molar-refractivity contribution in [3.8, 4) is 11.3 Å². The van der Waals surface area contributed by atoms with E-state index in [9.17, 15) is 36.2 Å². The summed E-state index contributed by atoms with van der Waals surface area (Å²) in [5, 5.41) is 11.8. The molecule has 0 radical (unpaired) electrons. The molecule has 0 aliphatic rings. The van der Waals surface area contributed by atoms with Gasteiger partial charge in [0.2, 0.25) is 0 Å². The quantitative estimate of drug-likeness (QED) is 0.275. The highest BCUT2D eigenvalue weighted by Gasteiger charge is 2.72. The summed E-state index contributed by atoms with van der Waals surface area (Å²) in [6.45, 7) is 0. The lowest BCUT2D eigenvalue weighted by Crippen LogP contribution is -2.53. The van der Waals surface area contributed by atoms with Crippen molar-refractivity contribution in [2.24, 2.45) is 0 Å². The molecule has 4 rings (SSSR count). The van der Waals surface area contributed by atoms with Crippen molar-refractivity contribution < 1.29 is 35.9 Å². The second-order valence-electron chi connectivity index (χ2n) is 6.31. The molecule has 0 aliphatic heterocycles. The van der Waals surface area contributed by atoms with Crippen LogP contribution in [0.1, 0.15) is 4.88 Å². The summed E-state index contributed by atoms with van der Waals surface area (Å²) >= 11 is 2.14. The zero-order valence-corrected chi connectivity index (χ0v) is 17.6. The molecular weight excluding hydrogens is 502 g/mol. The first-order valence-corrected chi connectivity index (χ1v) is 10.9. The van der Waals surface area contributed by atoms with E-state index in [1.165, 1.54) is 23.5 Å². The van der Waals surface area contributed by atoms with Crippen molar-refractivity contribution in [2.45, 2.75) is 27.2 Å². The predicted octanol–water partition coefficient (Wildman–Crippen LogP) is 5.84. The van der Waals surface area contributed by atoms with Gasteiger partial charge in [0.25, 0.3) is 5.60 Å². The number of hydrogen-bond donors (Lipinski definition) is 1. The number of benzene rings is 1. The number of hydrogen-bond acceptors (Lipinski definition) is 8. The lowest BCUT2D eigenvalue weighted by molar-refractivity contribution is -0.375. The third-order valence-electron chi connectivity index (χ3n) is 4.29. The number of halogens is 6. The van der Waals surface area contributed by atoms with Crippen LogP contribution in [0.3, 0.4) is 0 Å². The van der Waals surface area contributed by atoms with Gasteiger partial charge in [-0.2, -0.15) is 26.3 Å². The molecule has 3 aromatic heterocycles. The minimum atomic E-state index is -5.99. The lowest BCUT2D eigenvalue weighted by Gasteiger charge is -2.30. The zero-order chi connectivity index (χ0) is 23.3. The van der Waals surface area contributed by atoms with E-state index >= 15 is 0 Å². The highest BCUT2D eigenvalue weighted by molar-refractivity contribution is 8.01. The summed E-state index contributed by atoms with van der Waals surface area (Å²) in [5.41, 5.74) is -2.87. The molecule has 0 saturated heterocycles. The maximum absolute atomic E-state index is 13.0. The smallest absolute Gasteiger partial charge is 0.423 e. The van der Waals surface area contributed by atoms with Gasteiger partial charge in [0.1, 0.15) is 5.58 Å². The van der Waals surface area contributed by atoms with Crippen LogP contribution in [0.4, 0.5) is 26.3 Å². The minimum Gasteiger partial charge on any atom is -0.423 e. The largest absolute Gasteiger partial charge is 0.431 e. The number of rotatable bonds is 4. The standard InChI is InChI=1S/C18H8F6N2O3S3/c19-17(20,21)16(28,18(22,23)24)13-5-25-15(32-13)31-8-1-2-9-10(11-6-30-7-26-11)4-14(27)29-12(9)3-8/h1-7,28H. The summed E-state index contributed by atoms with van der Waals surface area (Å²) in [7, 11) is 0. The molecule has 1 aromatic carbocycles. The Balaban J connectivity index is 1.70. The van der Waals surface area contributed by atoms with Gasteiger partial charge in [-0.15, -0.1) is 22.7 Å². The molecule has 0 fully saturated rings. The molecule has 5 nitrogen and oxygen atoms in total. The minimum absolute atomic E-state index is 0.0590. The van der Waals surface area contributed by atoms with Crippen LogP contribution in [-0.2, 0) is 5.60 Å². The van der Waals surface area contributed by atoms with Crippen molar-refractivity contribution in [2.75, 3.05) is 0 Å². The van der Waals surface area contributed by atoms with Crippen LogP contribution < -0.4 is 5.63 Å². The number of nitrogens with zero attached hydrogens (tertiary/aromatic N) is 2. The average Bonchev–Trinajstić information content (AvgIpc) is 3.37. The number of aromatic nitrogens is 2. The fourth-order valence-corrected chi connectivity index (χ4v) is 5.44. The Bertz CT molecular complexity index is 1310. The molecule has 0 amide bonds. The van der Waals surface area contributed by atoms with Crippen LogP contribution in [0.5, 0.6) is 0 Å². The van der Waals surface area contributed by atoms with Crippen LogP contribution in [0.15, 0.2) is 59.8 Å². The molecule has 14 heteroatoms. The Hall–Kier alpha value is -2.42. The lowest BCUT2D eigenvalue weighted by atomic mass is 10.0. The highest BCUT2D eigenvalue weighted by atomic mass is 32.2. The van der Waals surface area contributed by atoms with Gasteiger partial charge in [-0.1, -0.05) is 11.8 Å². The molecule has 0 aliphatic carbocycles. The van der Waals surface area contributed by atoms with Crippen molar-refractivity contribution >= 4 is 45.4 Å². The summed E-state index contributed by atoms with van der Waals surface area (Å²) in [4.78, 5) is 18.6. The molecule has 0 bridgehead atoms. The van der Waals surface area contributed by atoms with Crippen molar-refractivity contribution in [3.63, 3.8) is 0 Å². The van der Waals surface area contributed by atoms with E-state index in [4.69, 9.17) is 4.42 Å². The van der Waals surface area contributed by atoms with Crippen LogP contribution in [-0.4, -0.2) is 27.4 Å². The number of fused-ring (bicyclic) bond motifs is 1. The third-order valence-corrected chi connectivity index (χ3v) is 7.05. The number of aliphatic hydroxyl groups is 1. The first-order valence-electron chi connectivity index (χ1n) is 8.36. The monoisotopic (exact) mass is 510 g/mol. The normalized spacial score (nSPS) is 13.1. The first-order chi connectivity index (χ1) is 14.9. The molecule has 3 heterocycles. The number of alkyl halides is 6. The van der Waals surface area contributed by atoms with E-state index < -0.39 is 28.5 Å². The van der Waals surface area contributed by atoms with Crippen LogP contribution in [0.2, 0.25) is 0 Å². The Morgan fingerprint density at radius 2 is 1.75 bits per heavy atom. The van der Waals surface area contributed by atoms with Gasteiger partial charge < -0.3 is 9.52 Å². The molecule has 0 saturated carbocycles. The van der Waals surface area contributed by atoms with Gasteiger partial charge in [-0.25, -0.2) is 14.8 Å². The van der Waals surface area contributed by atoms with Crippen LogP contribution in [0, 0.1) is 0 Å². The Labute approximate surface area is 186 Å². The maximum Gasteiger partial charge on any atom is 0.431 e. The molecule has 0 spiro atoms. The summed E-state index contributed by atoms with van der Waals surface area (Å²) in [5.74, 6) is 0. The molecule has 4 aromatic rings.